The molecule has 6 rings (SSSR count). The topological polar surface area (TPSA) is 65.0 Å². The van der Waals surface area contributed by atoms with Crippen molar-refractivity contribution in [2.24, 2.45) is 56.9 Å². The fraction of sp³-hybridized carbons (Fsp3) is 0.893. The Labute approximate surface area is 198 Å². The van der Waals surface area contributed by atoms with Crippen LogP contribution in [0.3, 0.4) is 0 Å². The van der Waals surface area contributed by atoms with Gasteiger partial charge < -0.3 is 9.57 Å². The monoisotopic (exact) mass is 455 g/mol. The summed E-state index contributed by atoms with van der Waals surface area (Å²) in [7, 11) is 0. The maximum absolute atomic E-state index is 13.6. The normalized spacial score (nSPS) is 51.4. The molecule has 0 N–H and O–H groups in total. The molecule has 11 atom stereocenters. The maximum Gasteiger partial charge on any atom is 0.303 e. The van der Waals surface area contributed by atoms with Crippen molar-refractivity contribution in [3.63, 3.8) is 0 Å². The van der Waals surface area contributed by atoms with Gasteiger partial charge in [-0.2, -0.15) is 0 Å². The van der Waals surface area contributed by atoms with Gasteiger partial charge in [-0.1, -0.05) is 25.9 Å². The summed E-state index contributed by atoms with van der Waals surface area (Å²) in [5, 5.41) is 4.15. The van der Waals surface area contributed by atoms with E-state index >= 15 is 0 Å². The molecule has 1 spiro atoms. The van der Waals surface area contributed by atoms with Crippen LogP contribution in [0.15, 0.2) is 5.16 Å². The van der Waals surface area contributed by atoms with Crippen molar-refractivity contribution in [2.75, 3.05) is 0 Å². The third-order valence-electron chi connectivity index (χ3n) is 12.0. The van der Waals surface area contributed by atoms with E-state index in [1.54, 1.807) is 0 Å². The van der Waals surface area contributed by atoms with Gasteiger partial charge in [0.25, 0.3) is 0 Å². The number of hydrogen-bond acceptors (Lipinski definition) is 5. The van der Waals surface area contributed by atoms with Gasteiger partial charge in [0.05, 0.1) is 5.71 Å². The second kappa shape index (κ2) is 7.07. The molecule has 0 saturated heterocycles. The van der Waals surface area contributed by atoms with Crippen LogP contribution in [0, 0.1) is 51.8 Å². The number of rotatable bonds is 4. The van der Waals surface area contributed by atoms with E-state index < -0.39 is 0 Å². The first-order valence-electron chi connectivity index (χ1n) is 13.5. The number of Topliss-reactive ketones (excluding diaryl/α,β-unsaturated/α-hetero) is 1. The molecule has 0 bridgehead atoms. The van der Waals surface area contributed by atoms with Crippen molar-refractivity contribution in [3.8, 4) is 0 Å². The Balaban J connectivity index is 1.26. The first kappa shape index (κ1) is 22.1. The van der Waals surface area contributed by atoms with Gasteiger partial charge in [-0.05, 0) is 92.3 Å². The second-order valence-electron chi connectivity index (χ2n) is 13.2. The van der Waals surface area contributed by atoms with E-state index in [0.29, 0.717) is 35.4 Å². The number of ketones is 1. The van der Waals surface area contributed by atoms with Gasteiger partial charge in [0.15, 0.2) is 6.10 Å². The molecule has 0 aromatic heterocycles. The number of hydrogen-bond donors (Lipinski definition) is 0. The summed E-state index contributed by atoms with van der Waals surface area (Å²) >= 11 is 0. The largest absolute Gasteiger partial charge is 0.458 e. The van der Waals surface area contributed by atoms with Gasteiger partial charge in [-0.3, -0.25) is 9.59 Å². The molecule has 6 aliphatic rings. The van der Waals surface area contributed by atoms with Crippen molar-refractivity contribution < 1.29 is 19.2 Å². The maximum atomic E-state index is 13.6. The molecule has 5 saturated carbocycles. The van der Waals surface area contributed by atoms with Gasteiger partial charge in [0.1, 0.15) is 11.9 Å². The van der Waals surface area contributed by atoms with Crippen LogP contribution in [-0.2, 0) is 19.2 Å². The zero-order chi connectivity index (χ0) is 23.3. The molecule has 5 heteroatoms. The average Bonchev–Trinajstić information content (AvgIpc) is 2.98. The lowest BCUT2D eigenvalue weighted by atomic mass is 9.45. The smallest absolute Gasteiger partial charge is 0.303 e. The highest BCUT2D eigenvalue weighted by Crippen LogP contribution is 2.80. The van der Waals surface area contributed by atoms with Crippen LogP contribution in [0.1, 0.15) is 92.4 Å². The minimum absolute atomic E-state index is 0.0608. The molecule has 0 amide bonds. The molecule has 5 aliphatic carbocycles. The van der Waals surface area contributed by atoms with Crippen LogP contribution in [-0.4, -0.2) is 29.7 Å². The van der Waals surface area contributed by atoms with Crippen molar-refractivity contribution in [2.45, 2.75) is 105 Å². The lowest BCUT2D eigenvalue weighted by Crippen LogP contribution is -2.55. The molecule has 33 heavy (non-hydrogen) atoms. The fourth-order valence-electron chi connectivity index (χ4n) is 10.6. The van der Waals surface area contributed by atoms with Crippen LogP contribution in [0.2, 0.25) is 0 Å². The summed E-state index contributed by atoms with van der Waals surface area (Å²) in [4.78, 5) is 31.3. The van der Waals surface area contributed by atoms with Crippen LogP contribution in [0.25, 0.3) is 0 Å². The van der Waals surface area contributed by atoms with Crippen LogP contribution in [0.5, 0.6) is 0 Å². The van der Waals surface area contributed by atoms with Crippen LogP contribution < -0.4 is 0 Å². The Morgan fingerprint density at radius 2 is 1.91 bits per heavy atom. The van der Waals surface area contributed by atoms with E-state index in [1.807, 2.05) is 6.92 Å². The van der Waals surface area contributed by atoms with E-state index in [-0.39, 0.29) is 40.3 Å². The Morgan fingerprint density at radius 3 is 2.58 bits per heavy atom. The molecule has 1 heterocycles. The summed E-state index contributed by atoms with van der Waals surface area (Å²) in [5.41, 5.74) is 1.48. The second-order valence-corrected chi connectivity index (χ2v) is 13.2. The summed E-state index contributed by atoms with van der Waals surface area (Å²) in [5.74, 6) is 3.64. The van der Waals surface area contributed by atoms with Gasteiger partial charge in [-0.15, -0.1) is 0 Å². The molecule has 5 fully saturated rings. The highest BCUT2D eigenvalue weighted by atomic mass is 16.7. The summed E-state index contributed by atoms with van der Waals surface area (Å²) in [6, 6.07) is 0. The molecule has 0 unspecified atom stereocenters. The number of fused-ring (bicyclic) bond motifs is 4. The number of nitrogens with zero attached hydrogens (tertiary/aromatic N) is 1. The quantitative estimate of drug-likeness (QED) is 0.521. The lowest BCUT2D eigenvalue weighted by Gasteiger charge is -2.58. The van der Waals surface area contributed by atoms with Crippen molar-refractivity contribution >= 4 is 17.5 Å². The van der Waals surface area contributed by atoms with E-state index in [9.17, 15) is 9.59 Å². The Kier molecular flexibility index (Phi) is 4.73. The lowest BCUT2D eigenvalue weighted by molar-refractivity contribution is -0.166. The van der Waals surface area contributed by atoms with Crippen molar-refractivity contribution in [3.05, 3.63) is 0 Å². The van der Waals surface area contributed by atoms with E-state index in [1.165, 1.54) is 45.4 Å². The minimum Gasteiger partial charge on any atom is -0.458 e. The Hall–Kier alpha value is -1.39. The molecule has 5 nitrogen and oxygen atoms in total. The molecule has 1 aliphatic heterocycles. The van der Waals surface area contributed by atoms with Gasteiger partial charge in [0, 0.05) is 31.1 Å². The Bertz CT molecular complexity index is 914. The van der Waals surface area contributed by atoms with E-state index in [4.69, 9.17) is 9.57 Å². The van der Waals surface area contributed by atoms with E-state index in [0.717, 1.165) is 25.0 Å². The zero-order valence-corrected chi connectivity index (χ0v) is 21.1. The molecule has 0 radical (unpaired) electrons. The molecule has 0 aromatic rings. The molecule has 182 valence electrons. The highest BCUT2D eigenvalue weighted by Gasteiger charge is 2.77. The summed E-state index contributed by atoms with van der Waals surface area (Å²) < 4.78 is 5.91. The SMILES string of the molecule is CC(=O)O[C@H]([C@@H](C)[C@H]1CC[C@H]2[C@@H]3CC(=O)[C@]45C[C@H]4CC[C@]5(C)[C@H]3CC[C@]12C)[C@H]1CC(C)=NO1. The number of esters is 1. The fourth-order valence-corrected chi connectivity index (χ4v) is 10.6. The van der Waals surface area contributed by atoms with Gasteiger partial charge >= 0.3 is 5.97 Å². The molecular weight excluding hydrogens is 414 g/mol. The summed E-state index contributed by atoms with van der Waals surface area (Å²) in [6.07, 6.45) is 9.71. The highest BCUT2D eigenvalue weighted by molar-refractivity contribution is 5.91. The third-order valence-corrected chi connectivity index (χ3v) is 12.0. The van der Waals surface area contributed by atoms with Crippen LogP contribution >= 0.6 is 0 Å². The number of carbonyl (C=O) groups excluding carboxylic acids is 2. The molecular formula is C28H41NO4. The predicted octanol–water partition coefficient (Wildman–Crippen LogP) is 5.56. The molecule has 0 aromatic carbocycles. The number of oxime groups is 1. The number of carbonyl (C=O) groups is 2. The van der Waals surface area contributed by atoms with Crippen LogP contribution in [0.4, 0.5) is 0 Å². The first-order valence-corrected chi connectivity index (χ1v) is 13.5. The minimum atomic E-state index is -0.266. The number of ether oxygens (including phenoxy) is 1. The van der Waals surface area contributed by atoms with Gasteiger partial charge in [-0.25, -0.2) is 0 Å². The van der Waals surface area contributed by atoms with E-state index in [2.05, 4.69) is 25.9 Å². The van der Waals surface area contributed by atoms with Crippen molar-refractivity contribution in [1.29, 1.82) is 0 Å². The Morgan fingerprint density at radius 1 is 1.12 bits per heavy atom. The van der Waals surface area contributed by atoms with Crippen molar-refractivity contribution in [1.82, 2.24) is 0 Å². The first-order chi connectivity index (χ1) is 15.6. The zero-order valence-electron chi connectivity index (χ0n) is 21.1. The summed E-state index contributed by atoms with van der Waals surface area (Å²) in [6.45, 7) is 10.7. The third kappa shape index (κ3) is 2.80. The predicted molar refractivity (Wildman–Crippen MR) is 125 cm³/mol. The average molecular weight is 456 g/mol. The van der Waals surface area contributed by atoms with Gasteiger partial charge in [0.2, 0.25) is 0 Å². The standard InChI is InChI=1S/C28H41NO4/c1-15-12-23(33-29-15)25(32-17(3)30)16(2)20-6-7-21-19-13-24(31)28-14-18(28)8-11-27(28,5)22(19)9-10-26(20,21)4/h16,18-23,25H,6-14H2,1-5H3/t16-,18+,19-,20+,21-,22-,23+,25+,26+,27+,28-/m0/s1.